The fourth-order valence-corrected chi connectivity index (χ4v) is 1.75. The van der Waals surface area contributed by atoms with Crippen LogP contribution >= 0.6 is 0 Å². The monoisotopic (exact) mass is 190 g/mol. The molecular formula is C11H14N2O. The average molecular weight is 190 g/mol. The number of carbonyl (C=O) groups excluding carboxylic acids is 1. The molecule has 1 aliphatic rings. The van der Waals surface area contributed by atoms with Crippen LogP contribution in [-0.2, 0) is 4.79 Å². The highest BCUT2D eigenvalue weighted by Crippen LogP contribution is 2.25. The molecule has 14 heavy (non-hydrogen) atoms. The molecule has 0 bridgehead atoms. The number of aryl methyl sites for hydroxylation is 1. The van der Waals surface area contributed by atoms with Crippen LogP contribution in [0.3, 0.4) is 0 Å². The number of rotatable bonds is 1. The van der Waals surface area contributed by atoms with Crippen LogP contribution < -0.4 is 11.1 Å². The molecule has 1 heterocycles. The average Bonchev–Trinajstić information content (AvgIpc) is 2.57. The van der Waals surface area contributed by atoms with E-state index in [0.717, 1.165) is 23.4 Å². The van der Waals surface area contributed by atoms with Gasteiger partial charge in [0.05, 0.1) is 0 Å². The predicted molar refractivity (Wildman–Crippen MR) is 56.0 cm³/mol. The van der Waals surface area contributed by atoms with E-state index in [9.17, 15) is 4.79 Å². The van der Waals surface area contributed by atoms with Crippen molar-refractivity contribution < 1.29 is 4.79 Å². The van der Waals surface area contributed by atoms with Crippen LogP contribution in [0.15, 0.2) is 18.2 Å². The van der Waals surface area contributed by atoms with Crippen molar-refractivity contribution in [3.05, 3.63) is 29.3 Å². The highest BCUT2D eigenvalue weighted by Gasteiger charge is 2.22. The summed E-state index contributed by atoms with van der Waals surface area (Å²) in [7, 11) is 0. The molecule has 1 atom stereocenters. The molecule has 1 unspecified atom stereocenters. The van der Waals surface area contributed by atoms with Crippen molar-refractivity contribution in [2.45, 2.75) is 19.3 Å². The van der Waals surface area contributed by atoms with Crippen molar-refractivity contribution in [3.8, 4) is 0 Å². The number of hydrogen-bond acceptors (Lipinski definition) is 2. The second-order valence-electron chi connectivity index (χ2n) is 3.82. The summed E-state index contributed by atoms with van der Waals surface area (Å²) in [6, 6.07) is 6.03. The number of benzene rings is 1. The molecule has 1 aromatic rings. The van der Waals surface area contributed by atoms with Gasteiger partial charge in [-0.05, 0) is 24.1 Å². The van der Waals surface area contributed by atoms with Gasteiger partial charge in [-0.3, -0.25) is 4.79 Å². The van der Waals surface area contributed by atoms with Crippen molar-refractivity contribution in [2.24, 2.45) is 0 Å². The summed E-state index contributed by atoms with van der Waals surface area (Å²) < 4.78 is 0. The molecule has 3 nitrogen and oxygen atoms in total. The first-order valence-electron chi connectivity index (χ1n) is 4.79. The first kappa shape index (κ1) is 9.06. The summed E-state index contributed by atoms with van der Waals surface area (Å²) in [6.07, 6.45) is 0.586. The molecule has 3 N–H and O–H groups in total. The van der Waals surface area contributed by atoms with Gasteiger partial charge in [-0.1, -0.05) is 12.1 Å². The summed E-state index contributed by atoms with van der Waals surface area (Å²) in [4.78, 5) is 11.0. The van der Waals surface area contributed by atoms with Crippen molar-refractivity contribution in [1.29, 1.82) is 0 Å². The van der Waals surface area contributed by atoms with Gasteiger partial charge in [0.1, 0.15) is 0 Å². The zero-order chi connectivity index (χ0) is 10.1. The lowest BCUT2D eigenvalue weighted by atomic mass is 9.96. The quantitative estimate of drug-likeness (QED) is 0.653. The molecule has 1 saturated heterocycles. The molecule has 0 spiro atoms. The van der Waals surface area contributed by atoms with Gasteiger partial charge in [-0.15, -0.1) is 0 Å². The zero-order valence-corrected chi connectivity index (χ0v) is 8.21. The van der Waals surface area contributed by atoms with Gasteiger partial charge in [0.25, 0.3) is 0 Å². The van der Waals surface area contributed by atoms with Gasteiger partial charge >= 0.3 is 0 Å². The first-order valence-corrected chi connectivity index (χ1v) is 4.79. The molecule has 1 aromatic carbocycles. The minimum atomic E-state index is 0.133. The Kier molecular flexibility index (Phi) is 2.15. The fourth-order valence-electron chi connectivity index (χ4n) is 1.75. The third-order valence-electron chi connectivity index (χ3n) is 2.75. The maximum atomic E-state index is 11.0. The number of nitrogens with two attached hydrogens (primary N) is 1. The SMILES string of the molecule is Cc1ccc(C2CNC(=O)C2)cc1N. The van der Waals surface area contributed by atoms with Crippen molar-refractivity contribution in [1.82, 2.24) is 5.32 Å². The molecule has 74 valence electrons. The van der Waals surface area contributed by atoms with E-state index in [1.807, 2.05) is 19.1 Å². The number of hydrogen-bond donors (Lipinski definition) is 2. The topological polar surface area (TPSA) is 55.1 Å². The Morgan fingerprint density at radius 1 is 1.50 bits per heavy atom. The van der Waals surface area contributed by atoms with E-state index in [2.05, 4.69) is 11.4 Å². The number of anilines is 1. The van der Waals surface area contributed by atoms with Crippen LogP contribution in [0.5, 0.6) is 0 Å². The minimum Gasteiger partial charge on any atom is -0.399 e. The van der Waals surface area contributed by atoms with Gasteiger partial charge < -0.3 is 11.1 Å². The molecule has 2 rings (SSSR count). The summed E-state index contributed by atoms with van der Waals surface area (Å²) in [5.41, 5.74) is 8.87. The normalized spacial score (nSPS) is 20.9. The van der Waals surface area contributed by atoms with Gasteiger partial charge in [0.2, 0.25) is 5.91 Å². The molecule has 0 saturated carbocycles. The Morgan fingerprint density at radius 3 is 2.86 bits per heavy atom. The minimum absolute atomic E-state index is 0.133. The van der Waals surface area contributed by atoms with Gasteiger partial charge in [-0.25, -0.2) is 0 Å². The lowest BCUT2D eigenvalue weighted by Crippen LogP contribution is -2.13. The van der Waals surface area contributed by atoms with Crippen LogP contribution in [0.4, 0.5) is 5.69 Å². The number of amides is 1. The Hall–Kier alpha value is -1.51. The van der Waals surface area contributed by atoms with Crippen molar-refractivity contribution in [3.63, 3.8) is 0 Å². The highest BCUT2D eigenvalue weighted by molar-refractivity contribution is 5.79. The third-order valence-corrected chi connectivity index (χ3v) is 2.75. The molecule has 0 aromatic heterocycles. The Balaban J connectivity index is 2.24. The van der Waals surface area contributed by atoms with Crippen molar-refractivity contribution in [2.75, 3.05) is 12.3 Å². The van der Waals surface area contributed by atoms with Crippen LogP contribution in [0.25, 0.3) is 0 Å². The van der Waals surface area contributed by atoms with E-state index in [1.54, 1.807) is 0 Å². The van der Waals surface area contributed by atoms with Gasteiger partial charge in [0.15, 0.2) is 0 Å². The van der Waals surface area contributed by atoms with Crippen LogP contribution in [-0.4, -0.2) is 12.5 Å². The Morgan fingerprint density at radius 2 is 2.29 bits per heavy atom. The smallest absolute Gasteiger partial charge is 0.220 e. The van der Waals surface area contributed by atoms with E-state index in [0.29, 0.717) is 12.3 Å². The Bertz CT molecular complexity index is 374. The summed E-state index contributed by atoms with van der Waals surface area (Å²) in [5.74, 6) is 0.430. The number of nitrogens with one attached hydrogen (secondary N) is 1. The van der Waals surface area contributed by atoms with Crippen LogP contribution in [0.1, 0.15) is 23.5 Å². The van der Waals surface area contributed by atoms with Gasteiger partial charge in [0, 0.05) is 24.6 Å². The highest BCUT2D eigenvalue weighted by atomic mass is 16.1. The van der Waals surface area contributed by atoms with Crippen LogP contribution in [0, 0.1) is 6.92 Å². The fraction of sp³-hybridized carbons (Fsp3) is 0.364. The number of nitrogen functional groups attached to an aromatic ring is 1. The van der Waals surface area contributed by atoms with Crippen LogP contribution in [0.2, 0.25) is 0 Å². The molecular weight excluding hydrogens is 176 g/mol. The molecule has 3 heteroatoms. The van der Waals surface area contributed by atoms with E-state index in [-0.39, 0.29) is 5.91 Å². The van der Waals surface area contributed by atoms with E-state index in [4.69, 9.17) is 5.73 Å². The second kappa shape index (κ2) is 3.33. The molecule has 1 aliphatic heterocycles. The first-order chi connectivity index (χ1) is 6.66. The molecule has 1 fully saturated rings. The second-order valence-corrected chi connectivity index (χ2v) is 3.82. The van der Waals surface area contributed by atoms with Gasteiger partial charge in [-0.2, -0.15) is 0 Å². The lowest BCUT2D eigenvalue weighted by Gasteiger charge is -2.09. The maximum absolute atomic E-state index is 11.0. The standard InChI is InChI=1S/C11H14N2O/c1-7-2-3-8(4-10(7)12)9-5-11(14)13-6-9/h2-4,9H,5-6,12H2,1H3,(H,13,14). The van der Waals surface area contributed by atoms with E-state index >= 15 is 0 Å². The Labute approximate surface area is 83.3 Å². The maximum Gasteiger partial charge on any atom is 0.220 e. The predicted octanol–water partition coefficient (Wildman–Crippen LogP) is 1.18. The lowest BCUT2D eigenvalue weighted by molar-refractivity contribution is -0.119. The van der Waals surface area contributed by atoms with Crippen molar-refractivity contribution >= 4 is 11.6 Å². The summed E-state index contributed by atoms with van der Waals surface area (Å²) in [6.45, 7) is 2.72. The molecule has 0 aliphatic carbocycles. The van der Waals surface area contributed by atoms with E-state index < -0.39 is 0 Å². The largest absolute Gasteiger partial charge is 0.399 e. The summed E-state index contributed by atoms with van der Waals surface area (Å²) in [5, 5.41) is 2.82. The number of carbonyl (C=O) groups is 1. The molecule has 0 radical (unpaired) electrons. The summed E-state index contributed by atoms with van der Waals surface area (Å²) >= 11 is 0. The third kappa shape index (κ3) is 1.58. The van der Waals surface area contributed by atoms with E-state index in [1.165, 1.54) is 0 Å². The zero-order valence-electron chi connectivity index (χ0n) is 8.21. The molecule has 1 amide bonds.